The van der Waals surface area contributed by atoms with Crippen LogP contribution in [0.4, 0.5) is 19.0 Å². The fraction of sp³-hybridized carbons (Fsp3) is 0.529. The molecule has 1 aliphatic rings. The first kappa shape index (κ1) is 18.3. The molecule has 0 saturated heterocycles. The summed E-state index contributed by atoms with van der Waals surface area (Å²) in [5.41, 5.74) is -0.302. The zero-order valence-corrected chi connectivity index (χ0v) is 14.3. The molecule has 0 aliphatic heterocycles. The van der Waals surface area contributed by atoms with Crippen LogP contribution in [0.2, 0.25) is 0 Å². The van der Waals surface area contributed by atoms with Gasteiger partial charge < -0.3 is 5.32 Å². The third-order valence-corrected chi connectivity index (χ3v) is 4.58. The standard InChI is InChI=1S/C17H20F3N5O/c1-11-9-22-15(10-21-11)23-16(26)13(8-12-4-2-3-5-12)25-7-6-14(24-25)17(18,19)20/h6-7,9-10,12-13H,2-5,8H2,1H3,(H,22,23,26)/t13-/m0/s1. The molecule has 0 radical (unpaired) electrons. The molecule has 1 atom stereocenters. The minimum absolute atomic E-state index is 0.264. The van der Waals surface area contributed by atoms with Gasteiger partial charge in [-0.15, -0.1) is 0 Å². The number of aryl methyl sites for hydroxylation is 1. The quantitative estimate of drug-likeness (QED) is 0.873. The van der Waals surface area contributed by atoms with Gasteiger partial charge in [-0.1, -0.05) is 25.7 Å². The lowest BCUT2D eigenvalue weighted by atomic mass is 9.98. The predicted octanol–water partition coefficient (Wildman–Crippen LogP) is 3.76. The van der Waals surface area contributed by atoms with Crippen LogP contribution in [0.1, 0.15) is 49.5 Å². The van der Waals surface area contributed by atoms with E-state index in [4.69, 9.17) is 0 Å². The molecule has 1 fully saturated rings. The van der Waals surface area contributed by atoms with Crippen molar-refractivity contribution in [2.24, 2.45) is 5.92 Å². The largest absolute Gasteiger partial charge is 0.435 e. The van der Waals surface area contributed by atoms with Gasteiger partial charge in [0.2, 0.25) is 5.91 Å². The van der Waals surface area contributed by atoms with E-state index in [1.807, 2.05) is 0 Å². The van der Waals surface area contributed by atoms with E-state index >= 15 is 0 Å². The van der Waals surface area contributed by atoms with Crippen LogP contribution in [-0.4, -0.2) is 25.7 Å². The second-order valence-electron chi connectivity index (χ2n) is 6.61. The molecule has 1 aliphatic carbocycles. The van der Waals surface area contributed by atoms with Crippen molar-refractivity contribution in [1.29, 1.82) is 0 Å². The number of nitrogens with one attached hydrogen (secondary N) is 1. The summed E-state index contributed by atoms with van der Waals surface area (Å²) in [6.45, 7) is 1.77. The van der Waals surface area contributed by atoms with Gasteiger partial charge in [0.05, 0.1) is 18.1 Å². The molecular formula is C17H20F3N5O. The van der Waals surface area contributed by atoms with Crippen LogP contribution >= 0.6 is 0 Å². The molecule has 0 spiro atoms. The average Bonchev–Trinajstić information content (AvgIpc) is 3.25. The number of aromatic nitrogens is 4. The van der Waals surface area contributed by atoms with Gasteiger partial charge in [0.1, 0.15) is 6.04 Å². The Balaban J connectivity index is 1.81. The fourth-order valence-corrected chi connectivity index (χ4v) is 3.23. The highest BCUT2D eigenvalue weighted by atomic mass is 19.4. The van der Waals surface area contributed by atoms with E-state index in [9.17, 15) is 18.0 Å². The first-order valence-electron chi connectivity index (χ1n) is 8.55. The molecule has 9 heteroatoms. The summed E-state index contributed by atoms with van der Waals surface area (Å²) >= 11 is 0. The number of nitrogens with zero attached hydrogens (tertiary/aromatic N) is 4. The molecule has 0 unspecified atom stereocenters. The maximum Gasteiger partial charge on any atom is 0.435 e. The van der Waals surface area contributed by atoms with Crippen molar-refractivity contribution in [3.8, 4) is 0 Å². The Morgan fingerprint density at radius 3 is 2.62 bits per heavy atom. The highest BCUT2D eigenvalue weighted by molar-refractivity contribution is 5.92. The van der Waals surface area contributed by atoms with Gasteiger partial charge in [-0.25, -0.2) is 4.98 Å². The van der Waals surface area contributed by atoms with Crippen LogP contribution in [0, 0.1) is 12.8 Å². The van der Waals surface area contributed by atoms with Crippen LogP contribution in [0.25, 0.3) is 0 Å². The molecule has 6 nitrogen and oxygen atoms in total. The Labute approximate surface area is 148 Å². The van der Waals surface area contributed by atoms with E-state index in [0.29, 0.717) is 18.0 Å². The van der Waals surface area contributed by atoms with Crippen molar-refractivity contribution in [2.45, 2.75) is 51.2 Å². The SMILES string of the molecule is Cc1cnc(NC(=O)[C@H](CC2CCCC2)n2ccc(C(F)(F)F)n2)cn1. The molecule has 140 valence electrons. The summed E-state index contributed by atoms with van der Waals surface area (Å²) in [6.07, 6.45) is 4.16. The minimum atomic E-state index is -4.54. The molecular weight excluding hydrogens is 347 g/mol. The number of anilines is 1. The zero-order valence-electron chi connectivity index (χ0n) is 14.3. The molecule has 0 aromatic carbocycles. The molecule has 2 aromatic heterocycles. The van der Waals surface area contributed by atoms with Crippen LogP contribution in [0.5, 0.6) is 0 Å². The average molecular weight is 367 g/mol. The Hall–Kier alpha value is -2.45. The van der Waals surface area contributed by atoms with Crippen molar-refractivity contribution in [3.05, 3.63) is 36.0 Å². The Morgan fingerprint density at radius 1 is 1.31 bits per heavy atom. The van der Waals surface area contributed by atoms with E-state index < -0.39 is 23.8 Å². The number of hydrogen-bond acceptors (Lipinski definition) is 4. The van der Waals surface area contributed by atoms with Gasteiger partial charge in [-0.3, -0.25) is 14.5 Å². The van der Waals surface area contributed by atoms with Crippen molar-refractivity contribution in [3.63, 3.8) is 0 Å². The molecule has 0 bridgehead atoms. The number of rotatable bonds is 5. The second kappa shape index (κ2) is 7.43. The van der Waals surface area contributed by atoms with Gasteiger partial charge in [0.25, 0.3) is 0 Å². The topological polar surface area (TPSA) is 72.7 Å². The van der Waals surface area contributed by atoms with Gasteiger partial charge in [-0.2, -0.15) is 18.3 Å². The molecule has 2 aromatic rings. The van der Waals surface area contributed by atoms with Crippen LogP contribution in [0.15, 0.2) is 24.7 Å². The first-order valence-corrected chi connectivity index (χ1v) is 8.55. The molecule has 1 amide bonds. The lowest BCUT2D eigenvalue weighted by Crippen LogP contribution is -2.29. The van der Waals surface area contributed by atoms with Crippen molar-refractivity contribution < 1.29 is 18.0 Å². The van der Waals surface area contributed by atoms with Crippen molar-refractivity contribution in [1.82, 2.24) is 19.7 Å². The third kappa shape index (κ3) is 4.39. The summed E-state index contributed by atoms with van der Waals surface area (Å²) in [5, 5.41) is 6.23. The summed E-state index contributed by atoms with van der Waals surface area (Å²) in [7, 11) is 0. The van der Waals surface area contributed by atoms with Crippen LogP contribution in [-0.2, 0) is 11.0 Å². The normalized spacial score (nSPS) is 16.6. The predicted molar refractivity (Wildman–Crippen MR) is 88.2 cm³/mol. The molecule has 3 rings (SSSR count). The highest BCUT2D eigenvalue weighted by Crippen LogP contribution is 2.33. The van der Waals surface area contributed by atoms with Gasteiger partial charge in [0, 0.05) is 6.20 Å². The van der Waals surface area contributed by atoms with E-state index in [2.05, 4.69) is 20.4 Å². The number of carbonyl (C=O) groups is 1. The summed E-state index contributed by atoms with van der Waals surface area (Å²) in [6, 6.07) is 0.0676. The molecule has 26 heavy (non-hydrogen) atoms. The summed E-state index contributed by atoms with van der Waals surface area (Å²) in [4.78, 5) is 20.8. The monoisotopic (exact) mass is 367 g/mol. The Morgan fingerprint density at radius 2 is 2.04 bits per heavy atom. The van der Waals surface area contributed by atoms with Gasteiger partial charge >= 0.3 is 6.18 Å². The lowest BCUT2D eigenvalue weighted by molar-refractivity contribution is -0.142. The van der Waals surface area contributed by atoms with Crippen molar-refractivity contribution >= 4 is 11.7 Å². The Kier molecular flexibility index (Phi) is 5.24. The third-order valence-electron chi connectivity index (χ3n) is 4.58. The maximum atomic E-state index is 12.9. The Bertz CT molecular complexity index is 751. The molecule has 1 N–H and O–H groups in total. The second-order valence-corrected chi connectivity index (χ2v) is 6.61. The number of hydrogen-bond donors (Lipinski definition) is 1. The smallest absolute Gasteiger partial charge is 0.308 e. The van der Waals surface area contributed by atoms with E-state index in [0.717, 1.165) is 36.4 Å². The number of alkyl halides is 3. The molecule has 1 saturated carbocycles. The summed E-state index contributed by atoms with van der Waals surface area (Å²) in [5.74, 6) is 0.125. The van der Waals surface area contributed by atoms with E-state index in [1.54, 1.807) is 6.92 Å². The number of carbonyl (C=O) groups excluding carboxylic acids is 1. The zero-order chi connectivity index (χ0) is 18.7. The van der Waals surface area contributed by atoms with Gasteiger partial charge in [-0.05, 0) is 25.3 Å². The minimum Gasteiger partial charge on any atom is -0.308 e. The maximum absolute atomic E-state index is 12.9. The fourth-order valence-electron chi connectivity index (χ4n) is 3.23. The summed E-state index contributed by atoms with van der Waals surface area (Å²) < 4.78 is 39.7. The molecule has 2 heterocycles. The van der Waals surface area contributed by atoms with Gasteiger partial charge in [0.15, 0.2) is 11.5 Å². The van der Waals surface area contributed by atoms with Crippen LogP contribution in [0.3, 0.4) is 0 Å². The van der Waals surface area contributed by atoms with E-state index in [1.165, 1.54) is 18.6 Å². The van der Waals surface area contributed by atoms with Crippen LogP contribution < -0.4 is 5.32 Å². The first-order chi connectivity index (χ1) is 12.3. The van der Waals surface area contributed by atoms with Crippen molar-refractivity contribution in [2.75, 3.05) is 5.32 Å². The number of halogens is 3. The van der Waals surface area contributed by atoms with E-state index in [-0.39, 0.29) is 5.82 Å². The highest BCUT2D eigenvalue weighted by Gasteiger charge is 2.35. The lowest BCUT2D eigenvalue weighted by Gasteiger charge is -2.20. The number of amides is 1.